The minimum Gasteiger partial charge on any atom is -0.445 e. The highest BCUT2D eigenvalue weighted by Gasteiger charge is 2.47. The molecule has 1 saturated carbocycles. The van der Waals surface area contributed by atoms with E-state index >= 15 is 0 Å². The Balaban J connectivity index is 1.65. The Hall–Kier alpha value is -1.88. The van der Waals surface area contributed by atoms with Crippen LogP contribution in [0.25, 0.3) is 0 Å². The van der Waals surface area contributed by atoms with Gasteiger partial charge in [-0.25, -0.2) is 9.18 Å². The first kappa shape index (κ1) is 15.0. The Morgan fingerprint density at radius 3 is 2.59 bits per heavy atom. The quantitative estimate of drug-likeness (QED) is 0.867. The standard InChI is InChI=1S/C17H15BrFNO2/c18-15-13(7-4-8-14(15)19)17(9-10-17)20-16(21)22-11-12-5-2-1-3-6-12/h1-8H,9-11H2,(H,20,21). The van der Waals surface area contributed by atoms with E-state index in [9.17, 15) is 9.18 Å². The number of amides is 1. The van der Waals surface area contributed by atoms with Crippen LogP contribution in [0.15, 0.2) is 53.0 Å². The fourth-order valence-corrected chi connectivity index (χ4v) is 3.06. The molecule has 22 heavy (non-hydrogen) atoms. The lowest BCUT2D eigenvalue weighted by Gasteiger charge is -2.19. The maximum Gasteiger partial charge on any atom is 0.408 e. The Morgan fingerprint density at radius 2 is 1.91 bits per heavy atom. The molecule has 1 N–H and O–H groups in total. The SMILES string of the molecule is O=C(NC1(c2cccc(F)c2Br)CC1)OCc1ccccc1. The van der Waals surface area contributed by atoms with E-state index in [0.29, 0.717) is 4.47 Å². The Kier molecular flexibility index (Phi) is 4.16. The van der Waals surface area contributed by atoms with Crippen LogP contribution in [0.3, 0.4) is 0 Å². The van der Waals surface area contributed by atoms with E-state index in [0.717, 1.165) is 24.0 Å². The monoisotopic (exact) mass is 363 g/mol. The summed E-state index contributed by atoms with van der Waals surface area (Å²) in [5.41, 5.74) is 1.16. The molecule has 0 saturated heterocycles. The number of alkyl carbamates (subject to hydrolysis) is 1. The average Bonchev–Trinajstić information content (AvgIpc) is 3.29. The van der Waals surface area contributed by atoms with Crippen molar-refractivity contribution in [1.29, 1.82) is 0 Å². The summed E-state index contributed by atoms with van der Waals surface area (Å²) in [6.07, 6.45) is 1.06. The van der Waals surface area contributed by atoms with E-state index in [1.54, 1.807) is 6.07 Å². The molecule has 3 rings (SSSR count). The summed E-state index contributed by atoms with van der Waals surface area (Å²) >= 11 is 3.25. The van der Waals surface area contributed by atoms with Crippen molar-refractivity contribution in [1.82, 2.24) is 5.32 Å². The van der Waals surface area contributed by atoms with E-state index in [1.165, 1.54) is 6.07 Å². The number of benzene rings is 2. The number of ether oxygens (including phenoxy) is 1. The summed E-state index contributed by atoms with van der Waals surface area (Å²) in [5, 5.41) is 2.86. The molecule has 0 aliphatic heterocycles. The van der Waals surface area contributed by atoms with Gasteiger partial charge in [-0.3, -0.25) is 0 Å². The first-order valence-corrected chi connectivity index (χ1v) is 7.83. The van der Waals surface area contributed by atoms with Crippen LogP contribution in [0.1, 0.15) is 24.0 Å². The lowest BCUT2D eigenvalue weighted by Crippen LogP contribution is -2.35. The number of nitrogens with one attached hydrogen (secondary N) is 1. The zero-order valence-corrected chi connectivity index (χ0v) is 13.4. The molecule has 2 aromatic rings. The fraction of sp³-hybridized carbons (Fsp3) is 0.235. The second kappa shape index (κ2) is 6.08. The van der Waals surface area contributed by atoms with Crippen LogP contribution in [0.2, 0.25) is 0 Å². The van der Waals surface area contributed by atoms with Gasteiger partial charge in [0.15, 0.2) is 0 Å². The van der Waals surface area contributed by atoms with Crippen molar-refractivity contribution in [3.05, 3.63) is 69.9 Å². The van der Waals surface area contributed by atoms with Gasteiger partial charge in [-0.1, -0.05) is 42.5 Å². The molecular formula is C17H15BrFNO2. The molecule has 0 heterocycles. The highest BCUT2D eigenvalue weighted by molar-refractivity contribution is 9.10. The van der Waals surface area contributed by atoms with Crippen molar-refractivity contribution in [3.8, 4) is 0 Å². The molecule has 1 fully saturated rings. The van der Waals surface area contributed by atoms with Crippen LogP contribution in [-0.2, 0) is 16.9 Å². The molecule has 0 spiro atoms. The fourth-order valence-electron chi connectivity index (χ4n) is 2.41. The number of hydrogen-bond donors (Lipinski definition) is 1. The van der Waals surface area contributed by atoms with Crippen LogP contribution in [0.4, 0.5) is 9.18 Å². The molecule has 5 heteroatoms. The van der Waals surface area contributed by atoms with Crippen molar-refractivity contribution in [3.63, 3.8) is 0 Å². The van der Waals surface area contributed by atoms with Crippen molar-refractivity contribution in [2.45, 2.75) is 25.0 Å². The lowest BCUT2D eigenvalue weighted by molar-refractivity contribution is 0.134. The molecule has 0 unspecified atom stereocenters. The summed E-state index contributed by atoms with van der Waals surface area (Å²) in [6, 6.07) is 14.3. The molecular weight excluding hydrogens is 349 g/mol. The zero-order chi connectivity index (χ0) is 15.6. The molecule has 114 valence electrons. The summed E-state index contributed by atoms with van der Waals surface area (Å²) in [5.74, 6) is -0.330. The summed E-state index contributed by atoms with van der Waals surface area (Å²) < 4.78 is 19.3. The highest BCUT2D eigenvalue weighted by atomic mass is 79.9. The Labute approximate surface area is 136 Å². The number of carbonyl (C=O) groups is 1. The van der Waals surface area contributed by atoms with Crippen LogP contribution in [-0.4, -0.2) is 6.09 Å². The summed E-state index contributed by atoms with van der Waals surface area (Å²) in [4.78, 5) is 12.0. The third-order valence-electron chi connectivity index (χ3n) is 3.77. The van der Waals surface area contributed by atoms with Gasteiger partial charge in [-0.15, -0.1) is 0 Å². The molecule has 1 aliphatic rings. The molecule has 0 aromatic heterocycles. The second-order valence-electron chi connectivity index (χ2n) is 5.37. The first-order valence-electron chi connectivity index (χ1n) is 7.04. The van der Waals surface area contributed by atoms with E-state index in [-0.39, 0.29) is 12.4 Å². The Bertz CT molecular complexity index is 686. The number of carbonyl (C=O) groups excluding carboxylic acids is 1. The van der Waals surface area contributed by atoms with Crippen molar-refractivity contribution < 1.29 is 13.9 Å². The molecule has 0 radical (unpaired) electrons. The molecule has 1 amide bonds. The molecule has 3 nitrogen and oxygen atoms in total. The average molecular weight is 364 g/mol. The number of hydrogen-bond acceptors (Lipinski definition) is 2. The zero-order valence-electron chi connectivity index (χ0n) is 11.8. The third kappa shape index (κ3) is 3.14. The van der Waals surface area contributed by atoms with Crippen LogP contribution in [0.5, 0.6) is 0 Å². The van der Waals surface area contributed by atoms with Gasteiger partial charge < -0.3 is 10.1 Å². The molecule has 0 atom stereocenters. The highest BCUT2D eigenvalue weighted by Crippen LogP contribution is 2.48. The van der Waals surface area contributed by atoms with E-state index < -0.39 is 11.6 Å². The van der Waals surface area contributed by atoms with Crippen molar-refractivity contribution in [2.24, 2.45) is 0 Å². The maximum atomic E-state index is 13.7. The van der Waals surface area contributed by atoms with Gasteiger partial charge in [0.2, 0.25) is 0 Å². The van der Waals surface area contributed by atoms with E-state index in [2.05, 4.69) is 21.2 Å². The van der Waals surface area contributed by atoms with Gasteiger partial charge in [-0.05, 0) is 46.0 Å². The summed E-state index contributed by atoms with van der Waals surface area (Å²) in [6.45, 7) is 0.215. The smallest absolute Gasteiger partial charge is 0.408 e. The topological polar surface area (TPSA) is 38.3 Å². The van der Waals surface area contributed by atoms with Crippen LogP contribution >= 0.6 is 15.9 Å². The maximum absolute atomic E-state index is 13.7. The second-order valence-corrected chi connectivity index (χ2v) is 6.16. The first-order chi connectivity index (χ1) is 10.6. The van der Waals surface area contributed by atoms with Crippen LogP contribution in [0, 0.1) is 5.82 Å². The molecule has 1 aliphatic carbocycles. The van der Waals surface area contributed by atoms with E-state index in [1.807, 2.05) is 36.4 Å². The van der Waals surface area contributed by atoms with Crippen molar-refractivity contribution >= 4 is 22.0 Å². The van der Waals surface area contributed by atoms with Gasteiger partial charge in [0.05, 0.1) is 10.0 Å². The minimum absolute atomic E-state index is 0.215. The predicted octanol–water partition coefficient (Wildman–Crippen LogP) is 4.50. The molecule has 2 aromatic carbocycles. The van der Waals surface area contributed by atoms with Gasteiger partial charge in [0, 0.05) is 0 Å². The van der Waals surface area contributed by atoms with Gasteiger partial charge >= 0.3 is 6.09 Å². The Morgan fingerprint density at radius 1 is 1.18 bits per heavy atom. The molecule has 0 bridgehead atoms. The van der Waals surface area contributed by atoms with Crippen molar-refractivity contribution in [2.75, 3.05) is 0 Å². The lowest BCUT2D eigenvalue weighted by atomic mass is 10.1. The minimum atomic E-state index is -0.519. The van der Waals surface area contributed by atoms with Gasteiger partial charge in [0.1, 0.15) is 12.4 Å². The van der Waals surface area contributed by atoms with Gasteiger partial charge in [-0.2, -0.15) is 0 Å². The predicted molar refractivity (Wildman–Crippen MR) is 84.8 cm³/mol. The number of halogens is 2. The summed E-state index contributed by atoms with van der Waals surface area (Å²) in [7, 11) is 0. The third-order valence-corrected chi connectivity index (χ3v) is 4.58. The number of rotatable bonds is 4. The van der Waals surface area contributed by atoms with E-state index in [4.69, 9.17) is 4.74 Å². The largest absolute Gasteiger partial charge is 0.445 e. The van der Waals surface area contributed by atoms with Gasteiger partial charge in [0.25, 0.3) is 0 Å². The van der Waals surface area contributed by atoms with Crippen LogP contribution < -0.4 is 5.32 Å². The normalized spacial score (nSPS) is 15.2.